The van der Waals surface area contributed by atoms with E-state index in [1.54, 1.807) is 31.3 Å². The molecule has 1 aromatic rings. The fourth-order valence-corrected chi connectivity index (χ4v) is 2.03. The zero-order valence-corrected chi connectivity index (χ0v) is 12.4. The Labute approximate surface area is 115 Å². The summed E-state index contributed by atoms with van der Waals surface area (Å²) >= 11 is 0. The van der Waals surface area contributed by atoms with Crippen molar-refractivity contribution in [1.82, 2.24) is 4.90 Å². The molecule has 0 radical (unpaired) electrons. The lowest BCUT2D eigenvalue weighted by Crippen LogP contribution is -2.28. The van der Waals surface area contributed by atoms with Crippen LogP contribution in [0.1, 0.15) is 35.7 Å². The van der Waals surface area contributed by atoms with Crippen molar-refractivity contribution in [3.8, 4) is 11.5 Å². The molecule has 0 aromatic heterocycles. The van der Waals surface area contributed by atoms with Crippen molar-refractivity contribution in [1.29, 1.82) is 0 Å². The van der Waals surface area contributed by atoms with E-state index in [9.17, 15) is 4.79 Å². The molecule has 0 atom stereocenters. The molecule has 0 unspecified atom stereocenters. The van der Waals surface area contributed by atoms with Crippen molar-refractivity contribution in [2.75, 3.05) is 27.8 Å². The van der Waals surface area contributed by atoms with Crippen molar-refractivity contribution < 1.29 is 14.3 Å². The van der Waals surface area contributed by atoms with Gasteiger partial charge >= 0.3 is 0 Å². The van der Waals surface area contributed by atoms with Gasteiger partial charge in [0.2, 0.25) is 0 Å². The number of amides is 1. The average molecular weight is 265 g/mol. The molecule has 1 amide bonds. The summed E-state index contributed by atoms with van der Waals surface area (Å²) in [6.45, 7) is 4.75. The van der Waals surface area contributed by atoms with Crippen LogP contribution >= 0.6 is 0 Å². The van der Waals surface area contributed by atoms with Gasteiger partial charge < -0.3 is 14.4 Å². The maximum atomic E-state index is 12.4. The van der Waals surface area contributed by atoms with Crippen molar-refractivity contribution in [3.63, 3.8) is 0 Å². The molecule has 0 saturated heterocycles. The number of ether oxygens (including phenoxy) is 2. The van der Waals surface area contributed by atoms with E-state index in [1.165, 1.54) is 0 Å². The molecule has 0 aliphatic rings. The Bertz CT molecular complexity index is 443. The van der Waals surface area contributed by atoms with Crippen LogP contribution in [0.15, 0.2) is 12.1 Å². The second-order valence-corrected chi connectivity index (χ2v) is 4.55. The quantitative estimate of drug-likeness (QED) is 0.794. The van der Waals surface area contributed by atoms with Gasteiger partial charge in [-0.25, -0.2) is 0 Å². The lowest BCUT2D eigenvalue weighted by atomic mass is 10.1. The summed E-state index contributed by atoms with van der Waals surface area (Å²) in [5.41, 5.74) is 1.43. The van der Waals surface area contributed by atoms with Crippen LogP contribution in [0.4, 0.5) is 0 Å². The van der Waals surface area contributed by atoms with Crippen LogP contribution in [0.2, 0.25) is 0 Å². The largest absolute Gasteiger partial charge is 0.496 e. The van der Waals surface area contributed by atoms with Crippen molar-refractivity contribution in [2.45, 2.75) is 26.7 Å². The molecule has 0 aliphatic heterocycles. The van der Waals surface area contributed by atoms with E-state index in [4.69, 9.17) is 9.47 Å². The van der Waals surface area contributed by atoms with Crippen LogP contribution in [0.5, 0.6) is 11.5 Å². The number of nitrogens with zero attached hydrogens (tertiary/aromatic N) is 1. The molecular weight excluding hydrogens is 242 g/mol. The van der Waals surface area contributed by atoms with E-state index >= 15 is 0 Å². The van der Waals surface area contributed by atoms with Gasteiger partial charge in [0.05, 0.1) is 19.8 Å². The van der Waals surface area contributed by atoms with E-state index in [-0.39, 0.29) is 5.91 Å². The van der Waals surface area contributed by atoms with Gasteiger partial charge in [0.25, 0.3) is 5.91 Å². The van der Waals surface area contributed by atoms with E-state index in [1.807, 2.05) is 14.0 Å². The van der Waals surface area contributed by atoms with Crippen LogP contribution < -0.4 is 9.47 Å². The monoisotopic (exact) mass is 265 g/mol. The average Bonchev–Trinajstić information content (AvgIpc) is 2.43. The van der Waals surface area contributed by atoms with Crippen LogP contribution in [0.3, 0.4) is 0 Å². The van der Waals surface area contributed by atoms with Crippen molar-refractivity contribution >= 4 is 5.91 Å². The SMILES string of the molecule is CCCCN(C)C(=O)c1ccc(OC)c(C)c1OC. The van der Waals surface area contributed by atoms with Gasteiger partial charge in [-0.1, -0.05) is 13.3 Å². The summed E-state index contributed by atoms with van der Waals surface area (Å²) in [7, 11) is 5.00. The van der Waals surface area contributed by atoms with Crippen LogP contribution in [-0.2, 0) is 0 Å². The summed E-state index contributed by atoms with van der Waals surface area (Å²) in [5.74, 6) is 1.30. The third-order valence-electron chi connectivity index (χ3n) is 3.20. The highest BCUT2D eigenvalue weighted by Gasteiger charge is 2.19. The first kappa shape index (κ1) is 15.3. The van der Waals surface area contributed by atoms with Crippen molar-refractivity contribution in [2.24, 2.45) is 0 Å². The van der Waals surface area contributed by atoms with Gasteiger partial charge in [0, 0.05) is 19.2 Å². The first-order valence-corrected chi connectivity index (χ1v) is 6.53. The molecule has 0 N–H and O–H groups in total. The number of benzene rings is 1. The maximum Gasteiger partial charge on any atom is 0.257 e. The van der Waals surface area contributed by atoms with Crippen LogP contribution in [0, 0.1) is 6.92 Å². The highest BCUT2D eigenvalue weighted by atomic mass is 16.5. The Morgan fingerprint density at radius 3 is 2.47 bits per heavy atom. The number of carbonyl (C=O) groups is 1. The lowest BCUT2D eigenvalue weighted by molar-refractivity contribution is 0.0789. The summed E-state index contributed by atoms with van der Waals surface area (Å²) in [4.78, 5) is 14.1. The fourth-order valence-electron chi connectivity index (χ4n) is 2.03. The third-order valence-corrected chi connectivity index (χ3v) is 3.20. The molecular formula is C15H23NO3. The minimum absolute atomic E-state index is 0.0175. The van der Waals surface area contributed by atoms with Gasteiger partial charge in [-0.15, -0.1) is 0 Å². The number of hydrogen-bond donors (Lipinski definition) is 0. The number of methoxy groups -OCH3 is 2. The van der Waals surface area contributed by atoms with E-state index < -0.39 is 0 Å². The van der Waals surface area contributed by atoms with Gasteiger partial charge in [0.15, 0.2) is 0 Å². The van der Waals surface area contributed by atoms with Gasteiger partial charge in [-0.05, 0) is 25.5 Å². The number of unbranched alkanes of at least 4 members (excludes halogenated alkanes) is 1. The third kappa shape index (κ3) is 3.40. The number of rotatable bonds is 6. The number of carbonyl (C=O) groups excluding carboxylic acids is 1. The predicted octanol–water partition coefficient (Wildman–Crippen LogP) is 2.88. The molecule has 1 aromatic carbocycles. The molecule has 0 bridgehead atoms. The molecule has 0 fully saturated rings. The zero-order chi connectivity index (χ0) is 14.4. The first-order chi connectivity index (χ1) is 9.06. The highest BCUT2D eigenvalue weighted by Crippen LogP contribution is 2.31. The summed E-state index contributed by atoms with van der Waals surface area (Å²) in [5, 5.41) is 0. The second kappa shape index (κ2) is 7.02. The predicted molar refractivity (Wildman–Crippen MR) is 76.2 cm³/mol. The molecule has 4 nitrogen and oxygen atoms in total. The Balaban J connectivity index is 3.06. The summed E-state index contributed by atoms with van der Waals surface area (Å²) in [6.07, 6.45) is 2.07. The zero-order valence-electron chi connectivity index (χ0n) is 12.4. The molecule has 0 saturated carbocycles. The molecule has 19 heavy (non-hydrogen) atoms. The minimum atomic E-state index is -0.0175. The maximum absolute atomic E-state index is 12.4. The molecule has 4 heteroatoms. The second-order valence-electron chi connectivity index (χ2n) is 4.55. The molecule has 0 heterocycles. The normalized spacial score (nSPS) is 10.2. The lowest BCUT2D eigenvalue weighted by Gasteiger charge is -2.20. The van der Waals surface area contributed by atoms with Crippen LogP contribution in [0.25, 0.3) is 0 Å². The minimum Gasteiger partial charge on any atom is -0.496 e. The van der Waals surface area contributed by atoms with Gasteiger partial charge in [-0.2, -0.15) is 0 Å². The van der Waals surface area contributed by atoms with E-state index in [0.717, 1.165) is 30.7 Å². The highest BCUT2D eigenvalue weighted by molar-refractivity contribution is 5.97. The Morgan fingerprint density at radius 2 is 1.95 bits per heavy atom. The van der Waals surface area contributed by atoms with Crippen LogP contribution in [-0.4, -0.2) is 38.6 Å². The summed E-state index contributed by atoms with van der Waals surface area (Å²) in [6, 6.07) is 3.56. The standard InChI is InChI=1S/C15H23NO3/c1-6-7-10-16(3)15(17)12-8-9-13(18-4)11(2)14(12)19-5/h8-9H,6-7,10H2,1-5H3. The molecule has 1 rings (SSSR count). The Kier molecular flexibility index (Phi) is 5.67. The first-order valence-electron chi connectivity index (χ1n) is 6.53. The smallest absolute Gasteiger partial charge is 0.257 e. The van der Waals surface area contributed by atoms with Gasteiger partial charge in [-0.3, -0.25) is 4.79 Å². The van der Waals surface area contributed by atoms with Gasteiger partial charge in [0.1, 0.15) is 11.5 Å². The molecule has 0 aliphatic carbocycles. The van der Waals surface area contributed by atoms with Crippen molar-refractivity contribution in [3.05, 3.63) is 23.3 Å². The summed E-state index contributed by atoms with van der Waals surface area (Å²) < 4.78 is 10.6. The van der Waals surface area contributed by atoms with E-state index in [0.29, 0.717) is 11.3 Å². The topological polar surface area (TPSA) is 38.8 Å². The Morgan fingerprint density at radius 1 is 1.26 bits per heavy atom. The fraction of sp³-hybridized carbons (Fsp3) is 0.533. The molecule has 0 spiro atoms. The van der Waals surface area contributed by atoms with E-state index in [2.05, 4.69) is 6.92 Å². The number of hydrogen-bond acceptors (Lipinski definition) is 3. The Hall–Kier alpha value is -1.71. The molecule has 106 valence electrons.